The van der Waals surface area contributed by atoms with E-state index in [4.69, 9.17) is 29.6 Å². The molecule has 2 nitrogen and oxygen atoms in total. The molecule has 0 amide bonds. The van der Waals surface area contributed by atoms with Crippen molar-refractivity contribution >= 4 is 34.5 Å². The van der Waals surface area contributed by atoms with Crippen LogP contribution in [0.4, 0.5) is 5.69 Å². The molecule has 1 saturated carbocycles. The topological polar surface area (TPSA) is 38.0 Å². The molecule has 0 unspecified atom stereocenters. The summed E-state index contributed by atoms with van der Waals surface area (Å²) in [6.07, 6.45) is 4.00. The number of rotatable bonds is 4. The van der Waals surface area contributed by atoms with Gasteiger partial charge in [0.25, 0.3) is 0 Å². The lowest BCUT2D eigenvalue weighted by atomic mass is 9.85. The summed E-state index contributed by atoms with van der Waals surface area (Å²) in [5.41, 5.74) is 7.49. The molecular formula is C12H15ClN2S. The fourth-order valence-corrected chi connectivity index (χ4v) is 2.17. The summed E-state index contributed by atoms with van der Waals surface area (Å²) in [6, 6.07) is 5.61. The molecular weight excluding hydrogens is 240 g/mol. The van der Waals surface area contributed by atoms with E-state index < -0.39 is 0 Å². The number of nitrogens with two attached hydrogens (primary N) is 1. The van der Waals surface area contributed by atoms with E-state index >= 15 is 0 Å². The van der Waals surface area contributed by atoms with Crippen molar-refractivity contribution < 1.29 is 0 Å². The van der Waals surface area contributed by atoms with Crippen molar-refractivity contribution in [2.75, 3.05) is 11.9 Å². The van der Waals surface area contributed by atoms with Gasteiger partial charge in [0.15, 0.2) is 0 Å². The zero-order chi connectivity index (χ0) is 11.5. The Balaban J connectivity index is 2.08. The van der Waals surface area contributed by atoms with Crippen LogP contribution in [0.15, 0.2) is 18.2 Å². The van der Waals surface area contributed by atoms with E-state index in [1.165, 1.54) is 19.3 Å². The van der Waals surface area contributed by atoms with Gasteiger partial charge in [-0.2, -0.15) is 0 Å². The molecule has 0 aliphatic heterocycles. The van der Waals surface area contributed by atoms with E-state index in [0.717, 1.165) is 23.7 Å². The molecule has 1 fully saturated rings. The van der Waals surface area contributed by atoms with Gasteiger partial charge < -0.3 is 11.1 Å². The third-order valence-corrected chi connectivity index (χ3v) is 3.51. The maximum absolute atomic E-state index is 5.92. The Kier molecular flexibility index (Phi) is 3.66. The van der Waals surface area contributed by atoms with Crippen LogP contribution in [0.1, 0.15) is 24.8 Å². The van der Waals surface area contributed by atoms with E-state index in [1.807, 2.05) is 18.2 Å². The Morgan fingerprint density at radius 3 is 2.81 bits per heavy atom. The molecule has 0 bridgehead atoms. The third kappa shape index (κ3) is 2.66. The molecule has 1 aliphatic rings. The third-order valence-electron chi connectivity index (χ3n) is 3.05. The second kappa shape index (κ2) is 5.02. The highest BCUT2D eigenvalue weighted by atomic mass is 35.5. The Hall–Kier alpha value is -0.800. The first kappa shape index (κ1) is 11.7. The average Bonchev–Trinajstić information content (AvgIpc) is 2.17. The zero-order valence-corrected chi connectivity index (χ0v) is 10.6. The van der Waals surface area contributed by atoms with Gasteiger partial charge >= 0.3 is 0 Å². The number of hydrogen-bond donors (Lipinski definition) is 2. The molecule has 2 rings (SSSR count). The lowest BCUT2D eigenvalue weighted by molar-refractivity contribution is 0.333. The van der Waals surface area contributed by atoms with Crippen LogP contribution in [-0.4, -0.2) is 11.5 Å². The molecule has 1 aromatic rings. The van der Waals surface area contributed by atoms with Crippen molar-refractivity contribution in [1.82, 2.24) is 0 Å². The highest BCUT2D eigenvalue weighted by molar-refractivity contribution is 7.80. The predicted molar refractivity (Wildman–Crippen MR) is 73.2 cm³/mol. The van der Waals surface area contributed by atoms with Gasteiger partial charge in [-0.1, -0.05) is 30.2 Å². The molecule has 86 valence electrons. The molecule has 0 radical (unpaired) electrons. The Morgan fingerprint density at radius 1 is 1.50 bits per heavy atom. The van der Waals surface area contributed by atoms with Crippen molar-refractivity contribution in [3.8, 4) is 0 Å². The molecule has 4 heteroatoms. The summed E-state index contributed by atoms with van der Waals surface area (Å²) in [7, 11) is 0. The van der Waals surface area contributed by atoms with Crippen molar-refractivity contribution in [3.05, 3.63) is 28.8 Å². The lowest BCUT2D eigenvalue weighted by Gasteiger charge is -2.26. The van der Waals surface area contributed by atoms with Crippen LogP contribution >= 0.6 is 23.8 Å². The van der Waals surface area contributed by atoms with Gasteiger partial charge in [0, 0.05) is 22.8 Å². The van der Waals surface area contributed by atoms with Crippen LogP contribution in [-0.2, 0) is 0 Å². The molecule has 0 atom stereocenters. The van der Waals surface area contributed by atoms with Crippen LogP contribution in [0.5, 0.6) is 0 Å². The van der Waals surface area contributed by atoms with Crippen LogP contribution in [0.25, 0.3) is 0 Å². The van der Waals surface area contributed by atoms with Crippen LogP contribution < -0.4 is 11.1 Å². The minimum absolute atomic E-state index is 0.388. The minimum atomic E-state index is 0.388. The summed E-state index contributed by atoms with van der Waals surface area (Å²) in [5.74, 6) is 0.801. The molecule has 0 heterocycles. The van der Waals surface area contributed by atoms with E-state index in [2.05, 4.69) is 5.32 Å². The van der Waals surface area contributed by atoms with E-state index in [9.17, 15) is 0 Å². The number of halogens is 1. The molecule has 1 aliphatic carbocycles. The van der Waals surface area contributed by atoms with Gasteiger partial charge in [0.05, 0.1) is 0 Å². The predicted octanol–water partition coefficient (Wildman–Crippen LogP) is 3.19. The number of hydrogen-bond acceptors (Lipinski definition) is 2. The van der Waals surface area contributed by atoms with Crippen LogP contribution in [0.2, 0.25) is 5.02 Å². The maximum atomic E-state index is 5.92. The molecule has 16 heavy (non-hydrogen) atoms. The van der Waals surface area contributed by atoms with Crippen LogP contribution in [0, 0.1) is 5.92 Å². The van der Waals surface area contributed by atoms with E-state index in [-0.39, 0.29) is 0 Å². The van der Waals surface area contributed by atoms with E-state index in [0.29, 0.717) is 10.0 Å². The molecule has 0 spiro atoms. The number of nitrogens with one attached hydrogen (secondary N) is 1. The summed E-state index contributed by atoms with van der Waals surface area (Å²) < 4.78 is 0. The number of anilines is 1. The minimum Gasteiger partial charge on any atom is -0.389 e. The molecule has 3 N–H and O–H groups in total. The second-order valence-electron chi connectivity index (χ2n) is 4.23. The highest BCUT2D eigenvalue weighted by Gasteiger charge is 2.17. The first-order valence-corrected chi connectivity index (χ1v) is 6.28. The first-order chi connectivity index (χ1) is 7.66. The monoisotopic (exact) mass is 254 g/mol. The molecule has 0 saturated heterocycles. The van der Waals surface area contributed by atoms with Crippen molar-refractivity contribution in [2.45, 2.75) is 19.3 Å². The second-order valence-corrected chi connectivity index (χ2v) is 5.11. The largest absolute Gasteiger partial charge is 0.389 e. The summed E-state index contributed by atoms with van der Waals surface area (Å²) in [5, 5.41) is 4.06. The summed E-state index contributed by atoms with van der Waals surface area (Å²) in [4.78, 5) is 0.388. The normalized spacial score (nSPS) is 15.6. The van der Waals surface area contributed by atoms with Crippen LogP contribution in [0.3, 0.4) is 0 Å². The van der Waals surface area contributed by atoms with Crippen molar-refractivity contribution in [2.24, 2.45) is 11.7 Å². The van der Waals surface area contributed by atoms with Gasteiger partial charge in [-0.3, -0.25) is 0 Å². The molecule has 0 aromatic heterocycles. The Labute approximate surface area is 106 Å². The first-order valence-electron chi connectivity index (χ1n) is 5.50. The summed E-state index contributed by atoms with van der Waals surface area (Å²) in [6.45, 7) is 0.997. The highest BCUT2D eigenvalue weighted by Crippen LogP contribution is 2.27. The standard InChI is InChI=1S/C12H15ClN2S/c13-9-4-5-11(10(6-9)12(14)16)15-7-8-2-1-3-8/h4-6,8,15H,1-3,7H2,(H2,14,16). The van der Waals surface area contributed by atoms with Gasteiger partial charge in [0.1, 0.15) is 4.99 Å². The SMILES string of the molecule is NC(=S)c1cc(Cl)ccc1NCC1CCC1. The number of thiocarbonyl (C=S) groups is 1. The fraction of sp³-hybridized carbons (Fsp3) is 0.417. The van der Waals surface area contributed by atoms with E-state index in [1.54, 1.807) is 0 Å². The van der Waals surface area contributed by atoms with Crippen molar-refractivity contribution in [1.29, 1.82) is 0 Å². The zero-order valence-electron chi connectivity index (χ0n) is 9.00. The fourth-order valence-electron chi connectivity index (χ4n) is 1.83. The Morgan fingerprint density at radius 2 is 2.25 bits per heavy atom. The van der Waals surface area contributed by atoms with Gasteiger partial charge in [0.2, 0.25) is 0 Å². The molecule has 1 aromatic carbocycles. The summed E-state index contributed by atoms with van der Waals surface area (Å²) >= 11 is 10.9. The smallest absolute Gasteiger partial charge is 0.106 e. The van der Waals surface area contributed by atoms with Crippen molar-refractivity contribution in [3.63, 3.8) is 0 Å². The van der Waals surface area contributed by atoms with Gasteiger partial charge in [-0.15, -0.1) is 0 Å². The quantitative estimate of drug-likeness (QED) is 0.811. The van der Waals surface area contributed by atoms with Gasteiger partial charge in [-0.25, -0.2) is 0 Å². The van der Waals surface area contributed by atoms with Gasteiger partial charge in [-0.05, 0) is 37.0 Å². The number of benzene rings is 1. The lowest BCUT2D eigenvalue weighted by Crippen LogP contribution is -2.22. The Bertz CT molecular complexity index is 402. The maximum Gasteiger partial charge on any atom is 0.106 e. The average molecular weight is 255 g/mol.